The van der Waals surface area contributed by atoms with Crippen LogP contribution in [0.1, 0.15) is 11.1 Å². The second kappa shape index (κ2) is 5.92. The number of nitrogens with one attached hydrogen (secondary N) is 1. The molecule has 0 spiro atoms. The lowest BCUT2D eigenvalue weighted by atomic mass is 9.99. The van der Waals surface area contributed by atoms with E-state index in [2.05, 4.69) is 39.5 Å². The van der Waals surface area contributed by atoms with Crippen molar-refractivity contribution in [2.24, 2.45) is 0 Å². The van der Waals surface area contributed by atoms with Gasteiger partial charge in [0.1, 0.15) is 5.82 Å². The number of fused-ring (bicyclic) bond motifs is 1. The summed E-state index contributed by atoms with van der Waals surface area (Å²) in [5.41, 5.74) is 4.03. The monoisotopic (exact) mass is 269 g/mol. The Hall–Kier alpha value is -2.07. The van der Waals surface area contributed by atoms with E-state index in [1.165, 1.54) is 16.8 Å². The summed E-state index contributed by atoms with van der Waals surface area (Å²) < 4.78 is 0. The average molecular weight is 269 g/mol. The van der Waals surface area contributed by atoms with E-state index in [1.54, 1.807) is 0 Å². The molecular formula is C16H19N3O. The maximum absolute atomic E-state index is 8.85. The minimum absolute atomic E-state index is 0.114. The summed E-state index contributed by atoms with van der Waals surface area (Å²) in [5, 5.41) is 12.0. The fourth-order valence-electron chi connectivity index (χ4n) is 2.61. The van der Waals surface area contributed by atoms with Crippen LogP contribution in [-0.2, 0) is 13.0 Å². The summed E-state index contributed by atoms with van der Waals surface area (Å²) in [4.78, 5) is 6.64. The molecule has 0 radical (unpaired) electrons. The van der Waals surface area contributed by atoms with Crippen LogP contribution >= 0.6 is 0 Å². The first-order chi connectivity index (χ1) is 9.86. The molecule has 2 heterocycles. The summed E-state index contributed by atoms with van der Waals surface area (Å²) in [6, 6.07) is 12.7. The number of hydrogen-bond acceptors (Lipinski definition) is 4. The third kappa shape index (κ3) is 2.75. The molecule has 4 heteroatoms. The molecule has 104 valence electrons. The average Bonchev–Trinajstić information content (AvgIpc) is 2.53. The zero-order chi connectivity index (χ0) is 13.8. The molecular weight excluding hydrogens is 250 g/mol. The highest BCUT2D eigenvalue weighted by Crippen LogP contribution is 2.25. The van der Waals surface area contributed by atoms with Crippen LogP contribution in [0.25, 0.3) is 0 Å². The predicted molar refractivity (Wildman–Crippen MR) is 81.0 cm³/mol. The van der Waals surface area contributed by atoms with Gasteiger partial charge in [0.25, 0.3) is 0 Å². The number of benzene rings is 1. The second-order valence-electron chi connectivity index (χ2n) is 4.99. The van der Waals surface area contributed by atoms with Gasteiger partial charge in [0.2, 0.25) is 0 Å². The van der Waals surface area contributed by atoms with Gasteiger partial charge in [-0.25, -0.2) is 4.98 Å². The highest BCUT2D eigenvalue weighted by molar-refractivity contribution is 5.55. The first kappa shape index (κ1) is 12.9. The topological polar surface area (TPSA) is 48.4 Å². The molecule has 0 unspecified atom stereocenters. The van der Waals surface area contributed by atoms with Crippen molar-refractivity contribution < 1.29 is 5.11 Å². The molecule has 2 N–H and O–H groups in total. The summed E-state index contributed by atoms with van der Waals surface area (Å²) >= 11 is 0. The van der Waals surface area contributed by atoms with E-state index in [0.29, 0.717) is 6.54 Å². The molecule has 1 aromatic heterocycles. The van der Waals surface area contributed by atoms with Crippen LogP contribution in [0, 0.1) is 0 Å². The van der Waals surface area contributed by atoms with Crippen molar-refractivity contribution >= 4 is 11.5 Å². The highest BCUT2D eigenvalue weighted by Gasteiger charge is 2.16. The Kier molecular flexibility index (Phi) is 3.83. The van der Waals surface area contributed by atoms with Crippen molar-refractivity contribution in [3.63, 3.8) is 0 Å². The molecule has 0 atom stereocenters. The van der Waals surface area contributed by atoms with Gasteiger partial charge in [0.15, 0.2) is 0 Å². The van der Waals surface area contributed by atoms with E-state index in [-0.39, 0.29) is 6.61 Å². The van der Waals surface area contributed by atoms with Crippen molar-refractivity contribution in [2.45, 2.75) is 13.0 Å². The van der Waals surface area contributed by atoms with E-state index in [1.807, 2.05) is 18.3 Å². The largest absolute Gasteiger partial charge is 0.395 e. The van der Waals surface area contributed by atoms with E-state index >= 15 is 0 Å². The van der Waals surface area contributed by atoms with Crippen molar-refractivity contribution in [3.05, 3.63) is 53.7 Å². The Morgan fingerprint density at radius 1 is 1.20 bits per heavy atom. The van der Waals surface area contributed by atoms with Gasteiger partial charge in [0, 0.05) is 37.6 Å². The van der Waals surface area contributed by atoms with Crippen molar-refractivity contribution in [1.82, 2.24) is 4.98 Å². The molecule has 0 saturated carbocycles. The zero-order valence-electron chi connectivity index (χ0n) is 11.4. The zero-order valence-corrected chi connectivity index (χ0v) is 11.4. The predicted octanol–water partition coefficient (Wildman–Crippen LogP) is 2.05. The lowest BCUT2D eigenvalue weighted by molar-refractivity contribution is 0.311. The number of aliphatic hydroxyl groups is 1. The summed E-state index contributed by atoms with van der Waals surface area (Å²) in [6.45, 7) is 2.61. The van der Waals surface area contributed by atoms with Crippen molar-refractivity contribution in [3.8, 4) is 0 Å². The number of hydrogen-bond donors (Lipinski definition) is 2. The molecule has 2 aromatic rings. The maximum atomic E-state index is 8.85. The number of nitrogens with zero attached hydrogens (tertiary/aromatic N) is 2. The van der Waals surface area contributed by atoms with Crippen LogP contribution in [-0.4, -0.2) is 29.8 Å². The lowest BCUT2D eigenvalue weighted by Gasteiger charge is -2.30. The third-order valence-corrected chi connectivity index (χ3v) is 3.66. The smallest absolute Gasteiger partial charge is 0.128 e. The summed E-state index contributed by atoms with van der Waals surface area (Å²) in [5.74, 6) is 0.815. The van der Waals surface area contributed by atoms with Gasteiger partial charge in [0.05, 0.1) is 6.61 Å². The highest BCUT2D eigenvalue weighted by atomic mass is 16.3. The Morgan fingerprint density at radius 2 is 2.05 bits per heavy atom. The number of rotatable bonds is 4. The fraction of sp³-hybridized carbons (Fsp3) is 0.312. The number of anilines is 2. The molecule has 0 fully saturated rings. The first-order valence-corrected chi connectivity index (χ1v) is 6.99. The molecule has 20 heavy (non-hydrogen) atoms. The van der Waals surface area contributed by atoms with Crippen LogP contribution in [0.15, 0.2) is 42.6 Å². The second-order valence-corrected chi connectivity index (χ2v) is 4.99. The third-order valence-electron chi connectivity index (χ3n) is 3.66. The SMILES string of the molecule is OCCNc1cc(N2CCc3ccccc3C2)ccn1. The van der Waals surface area contributed by atoms with Gasteiger partial charge in [-0.2, -0.15) is 0 Å². The van der Waals surface area contributed by atoms with Crippen molar-refractivity contribution in [2.75, 3.05) is 29.9 Å². The van der Waals surface area contributed by atoms with Crippen LogP contribution in [0.3, 0.4) is 0 Å². The first-order valence-electron chi connectivity index (χ1n) is 6.99. The van der Waals surface area contributed by atoms with Crippen LogP contribution < -0.4 is 10.2 Å². The molecule has 3 rings (SSSR count). The van der Waals surface area contributed by atoms with E-state index in [0.717, 1.165) is 25.3 Å². The fourth-order valence-corrected chi connectivity index (χ4v) is 2.61. The van der Waals surface area contributed by atoms with Crippen LogP contribution in [0.4, 0.5) is 11.5 Å². The molecule has 4 nitrogen and oxygen atoms in total. The quantitative estimate of drug-likeness (QED) is 0.892. The Labute approximate surface area is 119 Å². The Bertz CT molecular complexity index is 585. The molecule has 0 saturated heterocycles. The van der Waals surface area contributed by atoms with Crippen LogP contribution in [0.2, 0.25) is 0 Å². The molecule has 0 amide bonds. The maximum Gasteiger partial charge on any atom is 0.128 e. The minimum Gasteiger partial charge on any atom is -0.395 e. The number of pyridine rings is 1. The minimum atomic E-state index is 0.114. The van der Waals surface area contributed by atoms with Gasteiger partial charge in [-0.1, -0.05) is 24.3 Å². The van der Waals surface area contributed by atoms with Gasteiger partial charge < -0.3 is 15.3 Å². The standard InChI is InChI=1S/C16H19N3O/c20-10-8-18-16-11-15(5-7-17-16)19-9-6-13-3-1-2-4-14(13)12-19/h1-5,7,11,20H,6,8-10,12H2,(H,17,18). The van der Waals surface area contributed by atoms with Gasteiger partial charge in [-0.3, -0.25) is 0 Å². The molecule has 1 aromatic carbocycles. The summed E-state index contributed by atoms with van der Waals surface area (Å²) in [7, 11) is 0. The Balaban J connectivity index is 1.77. The van der Waals surface area contributed by atoms with Crippen LogP contribution in [0.5, 0.6) is 0 Å². The Morgan fingerprint density at radius 3 is 2.90 bits per heavy atom. The molecule has 0 bridgehead atoms. The van der Waals surface area contributed by atoms with Crippen molar-refractivity contribution in [1.29, 1.82) is 0 Å². The van der Waals surface area contributed by atoms with E-state index < -0.39 is 0 Å². The normalized spacial score (nSPS) is 13.9. The summed E-state index contributed by atoms with van der Waals surface area (Å²) in [6.07, 6.45) is 2.90. The van der Waals surface area contributed by atoms with E-state index in [9.17, 15) is 0 Å². The number of aromatic nitrogens is 1. The van der Waals surface area contributed by atoms with Gasteiger partial charge in [-0.05, 0) is 23.6 Å². The van der Waals surface area contributed by atoms with Gasteiger partial charge >= 0.3 is 0 Å². The lowest BCUT2D eigenvalue weighted by Crippen LogP contribution is -2.30. The molecule has 1 aliphatic heterocycles. The van der Waals surface area contributed by atoms with E-state index in [4.69, 9.17) is 5.11 Å². The molecule has 1 aliphatic rings. The number of aliphatic hydroxyl groups excluding tert-OH is 1. The molecule has 0 aliphatic carbocycles. The van der Waals surface area contributed by atoms with Gasteiger partial charge in [-0.15, -0.1) is 0 Å².